The number of rotatable bonds is 13. The van der Waals surface area contributed by atoms with E-state index in [9.17, 15) is 19.2 Å². The van der Waals surface area contributed by atoms with E-state index in [0.717, 1.165) is 24.3 Å². The van der Waals surface area contributed by atoms with Crippen molar-refractivity contribution in [3.8, 4) is 0 Å². The van der Waals surface area contributed by atoms with Crippen LogP contribution in [0.4, 0.5) is 0 Å². The van der Waals surface area contributed by atoms with E-state index in [1.54, 1.807) is 60.7 Å². The highest BCUT2D eigenvalue weighted by Crippen LogP contribution is 2.48. The van der Waals surface area contributed by atoms with E-state index in [1.807, 2.05) is 0 Å². The largest absolute Gasteiger partial charge is 0.458 e. The molecule has 0 unspecified atom stereocenters. The second kappa shape index (κ2) is 12.7. The summed E-state index contributed by atoms with van der Waals surface area (Å²) in [6.07, 6.45) is 3.63. The molecular weight excluding hydrogens is 464 g/mol. The van der Waals surface area contributed by atoms with Gasteiger partial charge in [-0.1, -0.05) is 87.0 Å². The SMILES string of the molecule is C=CC(=O)OC[C@](OC(=O)C=C)(c1ccccc1)[C@](COC(=O)C=C)(OC(=O)C=C)c1ccccc1. The molecule has 0 aliphatic rings. The molecule has 2 rings (SSSR count). The first-order chi connectivity index (χ1) is 17.3. The molecular formula is C28H26O8. The van der Waals surface area contributed by atoms with Crippen LogP contribution in [0.15, 0.2) is 111 Å². The van der Waals surface area contributed by atoms with Gasteiger partial charge >= 0.3 is 23.9 Å². The number of hydrogen-bond acceptors (Lipinski definition) is 8. The van der Waals surface area contributed by atoms with Crippen LogP contribution >= 0.6 is 0 Å². The number of hydrogen-bond donors (Lipinski definition) is 0. The molecule has 0 amide bonds. The van der Waals surface area contributed by atoms with E-state index < -0.39 is 48.3 Å². The van der Waals surface area contributed by atoms with Crippen molar-refractivity contribution in [2.75, 3.05) is 13.2 Å². The van der Waals surface area contributed by atoms with Crippen LogP contribution in [0.25, 0.3) is 0 Å². The molecule has 36 heavy (non-hydrogen) atoms. The summed E-state index contributed by atoms with van der Waals surface area (Å²) < 4.78 is 22.6. The first-order valence-electron chi connectivity index (χ1n) is 10.7. The van der Waals surface area contributed by atoms with Crippen LogP contribution in [0.3, 0.4) is 0 Å². The van der Waals surface area contributed by atoms with Crippen LogP contribution in [-0.4, -0.2) is 37.1 Å². The van der Waals surface area contributed by atoms with E-state index in [4.69, 9.17) is 18.9 Å². The van der Waals surface area contributed by atoms with Crippen LogP contribution in [-0.2, 0) is 49.3 Å². The molecule has 2 atom stereocenters. The number of carbonyl (C=O) groups excluding carboxylic acids is 4. The van der Waals surface area contributed by atoms with Crippen LogP contribution in [0.1, 0.15) is 11.1 Å². The predicted molar refractivity (Wildman–Crippen MR) is 131 cm³/mol. The van der Waals surface area contributed by atoms with Gasteiger partial charge in [0, 0.05) is 35.4 Å². The zero-order chi connectivity index (χ0) is 26.6. The van der Waals surface area contributed by atoms with Gasteiger partial charge in [0.15, 0.2) is 0 Å². The quantitative estimate of drug-likeness (QED) is 0.238. The summed E-state index contributed by atoms with van der Waals surface area (Å²) in [6.45, 7) is 12.3. The van der Waals surface area contributed by atoms with Gasteiger partial charge in [-0.15, -0.1) is 0 Å². The molecule has 0 saturated carbocycles. The average Bonchev–Trinajstić information content (AvgIpc) is 2.93. The van der Waals surface area contributed by atoms with Crippen molar-refractivity contribution in [3.05, 3.63) is 122 Å². The van der Waals surface area contributed by atoms with Gasteiger partial charge in [-0.2, -0.15) is 0 Å². The number of carbonyl (C=O) groups is 4. The fourth-order valence-electron chi connectivity index (χ4n) is 3.51. The number of esters is 4. The summed E-state index contributed by atoms with van der Waals surface area (Å²) in [6, 6.07) is 16.3. The Hall–Kier alpha value is -4.72. The first kappa shape index (κ1) is 27.5. The lowest BCUT2D eigenvalue weighted by Crippen LogP contribution is -2.60. The Labute approximate surface area is 209 Å². The molecule has 0 bridgehead atoms. The molecule has 2 aromatic rings. The molecule has 2 aromatic carbocycles. The van der Waals surface area contributed by atoms with E-state index in [-0.39, 0.29) is 11.1 Å². The lowest BCUT2D eigenvalue weighted by Gasteiger charge is -2.47. The Bertz CT molecular complexity index is 1050. The molecule has 0 aromatic heterocycles. The lowest BCUT2D eigenvalue weighted by atomic mass is 9.73. The highest BCUT2D eigenvalue weighted by molar-refractivity contribution is 5.84. The topological polar surface area (TPSA) is 105 Å². The average molecular weight is 491 g/mol. The molecule has 0 heterocycles. The van der Waals surface area contributed by atoms with Gasteiger partial charge < -0.3 is 18.9 Å². The summed E-state index contributed by atoms with van der Waals surface area (Å²) in [5.74, 6) is -3.55. The zero-order valence-electron chi connectivity index (χ0n) is 19.6. The van der Waals surface area contributed by atoms with Crippen molar-refractivity contribution < 1.29 is 38.1 Å². The summed E-state index contributed by atoms with van der Waals surface area (Å²) in [5.41, 5.74) is -3.65. The van der Waals surface area contributed by atoms with Gasteiger partial charge in [0.1, 0.15) is 13.2 Å². The van der Waals surface area contributed by atoms with Crippen LogP contribution in [0.5, 0.6) is 0 Å². The van der Waals surface area contributed by atoms with Gasteiger partial charge in [-0.25, -0.2) is 19.2 Å². The highest BCUT2D eigenvalue weighted by atomic mass is 16.6. The van der Waals surface area contributed by atoms with Gasteiger partial charge in [0.05, 0.1) is 0 Å². The Morgan fingerprint density at radius 3 is 1.14 bits per heavy atom. The van der Waals surface area contributed by atoms with Crippen LogP contribution < -0.4 is 0 Å². The van der Waals surface area contributed by atoms with Crippen molar-refractivity contribution in [1.82, 2.24) is 0 Å². The second-order valence-electron chi connectivity index (χ2n) is 7.26. The van der Waals surface area contributed by atoms with E-state index in [1.165, 1.54) is 0 Å². The summed E-state index contributed by atoms with van der Waals surface area (Å²) in [4.78, 5) is 49.9. The minimum absolute atomic E-state index is 0.257. The third kappa shape index (κ3) is 6.04. The molecule has 0 aliphatic heterocycles. The van der Waals surface area contributed by atoms with E-state index in [2.05, 4.69) is 26.3 Å². The minimum Gasteiger partial charge on any atom is -0.458 e. The van der Waals surface area contributed by atoms with Gasteiger partial charge in [-0.05, 0) is 0 Å². The maximum absolute atomic E-state index is 12.8. The van der Waals surface area contributed by atoms with Crippen molar-refractivity contribution in [1.29, 1.82) is 0 Å². The maximum Gasteiger partial charge on any atom is 0.331 e. The maximum atomic E-state index is 12.8. The third-order valence-electron chi connectivity index (χ3n) is 5.18. The Morgan fingerprint density at radius 2 is 0.861 bits per heavy atom. The molecule has 0 saturated heterocycles. The molecule has 8 heteroatoms. The summed E-state index contributed by atoms with van der Waals surface area (Å²) in [7, 11) is 0. The van der Waals surface area contributed by atoms with E-state index in [0.29, 0.717) is 0 Å². The molecule has 0 N–H and O–H groups in total. The fraction of sp³-hybridized carbons (Fsp3) is 0.143. The Morgan fingerprint density at radius 1 is 0.556 bits per heavy atom. The van der Waals surface area contributed by atoms with Gasteiger partial charge in [-0.3, -0.25) is 0 Å². The minimum atomic E-state index is -2.08. The normalized spacial score (nSPS) is 13.4. The molecule has 186 valence electrons. The molecule has 0 spiro atoms. The van der Waals surface area contributed by atoms with Crippen LogP contribution in [0, 0.1) is 0 Å². The molecule has 0 aliphatic carbocycles. The first-order valence-corrected chi connectivity index (χ1v) is 10.7. The monoisotopic (exact) mass is 490 g/mol. The van der Waals surface area contributed by atoms with Gasteiger partial charge in [0.25, 0.3) is 0 Å². The molecule has 0 fully saturated rings. The summed E-state index contributed by atoms with van der Waals surface area (Å²) >= 11 is 0. The predicted octanol–water partition coefficient (Wildman–Crippen LogP) is 3.69. The Balaban J connectivity index is 3.02. The fourth-order valence-corrected chi connectivity index (χ4v) is 3.51. The van der Waals surface area contributed by atoms with Gasteiger partial charge in [0.2, 0.25) is 11.2 Å². The molecule has 8 nitrogen and oxygen atoms in total. The number of ether oxygens (including phenoxy) is 4. The smallest absolute Gasteiger partial charge is 0.331 e. The standard InChI is InChI=1S/C28H26O8/c1-5-23(29)33-19-27(35-25(31)7-3,21-15-11-9-12-16-21)28(36-26(32)8-4,20-34-24(30)6-2)22-17-13-10-14-18-22/h5-18H,1-4,19-20H2/t27-,28+. The van der Waals surface area contributed by atoms with Crippen molar-refractivity contribution in [2.24, 2.45) is 0 Å². The van der Waals surface area contributed by atoms with Crippen molar-refractivity contribution in [2.45, 2.75) is 11.2 Å². The molecule has 0 radical (unpaired) electrons. The van der Waals surface area contributed by atoms with E-state index >= 15 is 0 Å². The second-order valence-corrected chi connectivity index (χ2v) is 7.26. The summed E-state index contributed by atoms with van der Waals surface area (Å²) in [5, 5.41) is 0. The highest BCUT2D eigenvalue weighted by Gasteiger charge is 2.62. The van der Waals surface area contributed by atoms with Crippen molar-refractivity contribution in [3.63, 3.8) is 0 Å². The zero-order valence-corrected chi connectivity index (χ0v) is 19.6. The lowest BCUT2D eigenvalue weighted by molar-refractivity contribution is -0.242. The van der Waals surface area contributed by atoms with Crippen LogP contribution in [0.2, 0.25) is 0 Å². The third-order valence-corrected chi connectivity index (χ3v) is 5.18. The Kier molecular flexibility index (Phi) is 9.68. The number of benzene rings is 2. The van der Waals surface area contributed by atoms with Crippen molar-refractivity contribution >= 4 is 23.9 Å².